The third-order valence-electron chi connectivity index (χ3n) is 5.16. The number of nitrogens with one attached hydrogen (secondary N) is 1. The minimum atomic E-state index is 0.0787. The fraction of sp³-hybridized carbons (Fsp3) is 0.429. The Labute approximate surface area is 172 Å². The molecular formula is C21H22N4O3S. The second-order valence-electron chi connectivity index (χ2n) is 7.50. The lowest BCUT2D eigenvalue weighted by atomic mass is 10.1. The molecule has 3 heterocycles. The summed E-state index contributed by atoms with van der Waals surface area (Å²) < 4.78 is 12.2. The van der Waals surface area contributed by atoms with Crippen LogP contribution in [0.1, 0.15) is 31.5 Å². The lowest BCUT2D eigenvalue weighted by Gasteiger charge is -2.09. The van der Waals surface area contributed by atoms with Gasteiger partial charge < -0.3 is 14.8 Å². The van der Waals surface area contributed by atoms with Gasteiger partial charge in [-0.3, -0.25) is 4.79 Å². The first-order valence-corrected chi connectivity index (χ1v) is 10.8. The van der Waals surface area contributed by atoms with Gasteiger partial charge in [-0.2, -0.15) is 0 Å². The number of ether oxygens (including phenoxy) is 2. The molecule has 1 amide bonds. The van der Waals surface area contributed by atoms with Crippen molar-refractivity contribution in [3.8, 4) is 11.1 Å². The first-order chi connectivity index (χ1) is 14.2. The van der Waals surface area contributed by atoms with Crippen molar-refractivity contribution in [2.75, 3.05) is 18.5 Å². The highest BCUT2D eigenvalue weighted by atomic mass is 32.1. The van der Waals surface area contributed by atoms with Gasteiger partial charge >= 0.3 is 0 Å². The van der Waals surface area contributed by atoms with Gasteiger partial charge in [0.1, 0.15) is 6.61 Å². The van der Waals surface area contributed by atoms with E-state index in [1.165, 1.54) is 11.3 Å². The maximum absolute atomic E-state index is 11.9. The monoisotopic (exact) mass is 410 g/mol. The summed E-state index contributed by atoms with van der Waals surface area (Å²) in [6, 6.07) is 6.03. The molecule has 0 spiro atoms. The summed E-state index contributed by atoms with van der Waals surface area (Å²) in [4.78, 5) is 25.3. The van der Waals surface area contributed by atoms with E-state index >= 15 is 0 Å². The Kier molecular flexibility index (Phi) is 5.22. The van der Waals surface area contributed by atoms with Crippen LogP contribution in [-0.2, 0) is 20.9 Å². The number of carbonyl (C=O) groups is 1. The molecule has 1 atom stereocenters. The van der Waals surface area contributed by atoms with Gasteiger partial charge in [-0.15, -0.1) is 0 Å². The van der Waals surface area contributed by atoms with Crippen LogP contribution in [0.4, 0.5) is 5.13 Å². The Morgan fingerprint density at radius 2 is 2.07 bits per heavy atom. The van der Waals surface area contributed by atoms with E-state index in [9.17, 15) is 4.79 Å². The second-order valence-corrected chi connectivity index (χ2v) is 8.53. The molecule has 1 saturated heterocycles. The zero-order valence-corrected chi connectivity index (χ0v) is 16.8. The van der Waals surface area contributed by atoms with E-state index in [4.69, 9.17) is 9.47 Å². The van der Waals surface area contributed by atoms with Crippen LogP contribution < -0.4 is 5.32 Å². The zero-order chi connectivity index (χ0) is 19.6. The normalized spacial score (nSPS) is 19.0. The number of hydrogen-bond donors (Lipinski definition) is 1. The van der Waals surface area contributed by atoms with Crippen LogP contribution in [0.25, 0.3) is 21.3 Å². The summed E-state index contributed by atoms with van der Waals surface area (Å²) >= 11 is 1.49. The maximum atomic E-state index is 11.9. The number of thiazole rings is 1. The average molecular weight is 410 g/mol. The van der Waals surface area contributed by atoms with Crippen LogP contribution in [0.15, 0.2) is 30.6 Å². The smallest absolute Gasteiger partial charge is 0.229 e. The van der Waals surface area contributed by atoms with Gasteiger partial charge in [0.05, 0.1) is 22.9 Å². The summed E-state index contributed by atoms with van der Waals surface area (Å²) in [7, 11) is 0. The molecule has 1 aromatic carbocycles. The zero-order valence-electron chi connectivity index (χ0n) is 16.0. The lowest BCUT2D eigenvalue weighted by molar-refractivity contribution is -0.117. The van der Waals surface area contributed by atoms with Crippen molar-refractivity contribution in [1.29, 1.82) is 0 Å². The summed E-state index contributed by atoms with van der Waals surface area (Å²) in [5.74, 6) is 0.911. The van der Waals surface area contributed by atoms with Gasteiger partial charge in [0.2, 0.25) is 5.91 Å². The highest BCUT2D eigenvalue weighted by molar-refractivity contribution is 7.22. The SMILES string of the molecule is O=C(Nc1nc2ccc(-c3cnc(COC[C@@H]4CCCO4)nc3)cc2s1)C1CC1. The Morgan fingerprint density at radius 1 is 1.21 bits per heavy atom. The summed E-state index contributed by atoms with van der Waals surface area (Å²) in [5.41, 5.74) is 2.84. The van der Waals surface area contributed by atoms with E-state index in [1.807, 2.05) is 24.5 Å². The Balaban J connectivity index is 1.24. The lowest BCUT2D eigenvalue weighted by Crippen LogP contribution is -2.14. The second kappa shape index (κ2) is 8.14. The molecule has 3 aromatic rings. The minimum Gasteiger partial charge on any atom is -0.376 e. The van der Waals surface area contributed by atoms with Crippen molar-refractivity contribution in [2.45, 2.75) is 38.4 Å². The molecule has 29 heavy (non-hydrogen) atoms. The van der Waals surface area contributed by atoms with E-state index in [-0.39, 0.29) is 17.9 Å². The number of aromatic nitrogens is 3. The third-order valence-corrected chi connectivity index (χ3v) is 6.10. The standard InChI is InChI=1S/C21H22N4O3S/c26-20(13-3-4-13)25-21-24-17-6-5-14(8-18(17)29-21)15-9-22-19(23-10-15)12-27-11-16-2-1-7-28-16/h5-6,8-10,13,16H,1-4,7,11-12H2,(H,24,25,26)/t16-/m0/s1. The number of benzene rings is 1. The number of amides is 1. The topological polar surface area (TPSA) is 86.2 Å². The molecule has 1 aliphatic heterocycles. The number of carbonyl (C=O) groups excluding carboxylic acids is 1. The van der Waals surface area contributed by atoms with Crippen molar-refractivity contribution in [3.05, 3.63) is 36.4 Å². The molecule has 5 rings (SSSR count). The molecule has 1 aliphatic carbocycles. The largest absolute Gasteiger partial charge is 0.376 e. The molecule has 1 N–H and O–H groups in total. The van der Waals surface area contributed by atoms with E-state index in [0.717, 1.165) is 53.6 Å². The van der Waals surface area contributed by atoms with Crippen molar-refractivity contribution in [1.82, 2.24) is 15.0 Å². The highest BCUT2D eigenvalue weighted by Gasteiger charge is 2.30. The first kappa shape index (κ1) is 18.6. The quantitative estimate of drug-likeness (QED) is 0.638. The number of nitrogens with zero attached hydrogens (tertiary/aromatic N) is 3. The highest BCUT2D eigenvalue weighted by Crippen LogP contribution is 2.33. The first-order valence-electron chi connectivity index (χ1n) is 9.97. The van der Waals surface area contributed by atoms with E-state index in [2.05, 4.69) is 26.3 Å². The average Bonchev–Trinajstić information content (AvgIpc) is 3.32. The Hall–Kier alpha value is -2.42. The van der Waals surface area contributed by atoms with Gasteiger partial charge in [0.15, 0.2) is 11.0 Å². The van der Waals surface area contributed by atoms with Gasteiger partial charge in [0.25, 0.3) is 0 Å². The summed E-state index contributed by atoms with van der Waals surface area (Å²) in [5, 5.41) is 3.58. The summed E-state index contributed by atoms with van der Waals surface area (Å²) in [6.07, 6.45) is 7.97. The maximum Gasteiger partial charge on any atom is 0.229 e. The Bertz CT molecular complexity index is 1010. The van der Waals surface area contributed by atoms with Gasteiger partial charge in [0, 0.05) is 30.5 Å². The molecule has 150 valence electrons. The summed E-state index contributed by atoms with van der Waals surface area (Å²) in [6.45, 7) is 1.81. The predicted octanol–water partition coefficient (Wildman–Crippen LogP) is 3.80. The molecule has 0 radical (unpaired) electrons. The van der Waals surface area contributed by atoms with Gasteiger partial charge in [-0.05, 0) is 43.4 Å². The molecule has 0 bridgehead atoms. The molecule has 7 nitrogen and oxygen atoms in total. The van der Waals surface area contributed by atoms with E-state index < -0.39 is 0 Å². The molecule has 2 aliphatic rings. The van der Waals surface area contributed by atoms with Crippen molar-refractivity contribution in [2.24, 2.45) is 5.92 Å². The Morgan fingerprint density at radius 3 is 2.83 bits per heavy atom. The van der Waals surface area contributed by atoms with Crippen molar-refractivity contribution >= 4 is 32.6 Å². The van der Waals surface area contributed by atoms with Crippen LogP contribution in [0.2, 0.25) is 0 Å². The van der Waals surface area contributed by atoms with Crippen LogP contribution in [0, 0.1) is 5.92 Å². The van der Waals surface area contributed by atoms with Crippen molar-refractivity contribution in [3.63, 3.8) is 0 Å². The predicted molar refractivity (Wildman–Crippen MR) is 111 cm³/mol. The molecular weight excluding hydrogens is 388 g/mol. The molecule has 8 heteroatoms. The van der Waals surface area contributed by atoms with Gasteiger partial charge in [-0.1, -0.05) is 17.4 Å². The number of fused-ring (bicyclic) bond motifs is 1. The fourth-order valence-corrected chi connectivity index (χ4v) is 4.25. The number of anilines is 1. The molecule has 2 aromatic heterocycles. The van der Waals surface area contributed by atoms with E-state index in [0.29, 0.717) is 24.2 Å². The van der Waals surface area contributed by atoms with Crippen LogP contribution in [-0.4, -0.2) is 40.2 Å². The number of hydrogen-bond acceptors (Lipinski definition) is 7. The van der Waals surface area contributed by atoms with Gasteiger partial charge in [-0.25, -0.2) is 15.0 Å². The number of rotatable bonds is 7. The fourth-order valence-electron chi connectivity index (χ4n) is 3.35. The molecule has 0 unspecified atom stereocenters. The van der Waals surface area contributed by atoms with Crippen LogP contribution >= 0.6 is 11.3 Å². The van der Waals surface area contributed by atoms with Crippen molar-refractivity contribution < 1.29 is 14.3 Å². The van der Waals surface area contributed by atoms with Crippen LogP contribution in [0.5, 0.6) is 0 Å². The van der Waals surface area contributed by atoms with E-state index in [1.54, 1.807) is 0 Å². The molecule has 2 fully saturated rings. The minimum absolute atomic E-state index is 0.0787. The molecule has 1 saturated carbocycles. The third kappa shape index (κ3) is 4.44. The van der Waals surface area contributed by atoms with Crippen LogP contribution in [0.3, 0.4) is 0 Å².